The lowest BCUT2D eigenvalue weighted by Gasteiger charge is -2.31. The molecule has 1 heterocycles. The predicted octanol–water partition coefficient (Wildman–Crippen LogP) is 2.77. The number of methoxy groups -OCH3 is 1. The fourth-order valence-corrected chi connectivity index (χ4v) is 4.84. The Balaban J connectivity index is 1.66. The first kappa shape index (κ1) is 17.5. The zero-order valence-electron chi connectivity index (χ0n) is 14.1. The summed E-state index contributed by atoms with van der Waals surface area (Å²) in [6.07, 6.45) is 0.915. The van der Waals surface area contributed by atoms with E-state index in [9.17, 15) is 13.2 Å². The van der Waals surface area contributed by atoms with Crippen LogP contribution in [-0.2, 0) is 9.84 Å². The number of ether oxygens (including phenoxy) is 1. The van der Waals surface area contributed by atoms with E-state index in [-0.39, 0.29) is 5.91 Å². The number of likely N-dealkylation sites (tertiary alicyclic amines) is 1. The first-order chi connectivity index (χ1) is 12.0. The SMILES string of the molecule is COc1ccc(C(=O)N2CCC(S(=O)(=O)c3ccccc3)CC2)cc1. The van der Waals surface area contributed by atoms with Crippen molar-refractivity contribution in [2.24, 2.45) is 0 Å². The van der Waals surface area contributed by atoms with Crippen molar-refractivity contribution in [1.82, 2.24) is 4.90 Å². The molecule has 1 aliphatic rings. The van der Waals surface area contributed by atoms with E-state index < -0.39 is 15.1 Å². The minimum absolute atomic E-state index is 0.0711. The summed E-state index contributed by atoms with van der Waals surface area (Å²) < 4.78 is 30.5. The Bertz CT molecular complexity index is 823. The monoisotopic (exact) mass is 359 g/mol. The second-order valence-corrected chi connectivity index (χ2v) is 8.31. The Hall–Kier alpha value is -2.34. The Kier molecular flexibility index (Phi) is 5.08. The lowest BCUT2D eigenvalue weighted by Crippen LogP contribution is -2.42. The van der Waals surface area contributed by atoms with E-state index in [0.717, 1.165) is 0 Å². The standard InChI is InChI=1S/C19H21NO4S/c1-24-16-9-7-15(8-10-16)19(21)20-13-11-18(12-14-20)25(22,23)17-5-3-2-4-6-17/h2-10,18H,11-14H2,1H3. The van der Waals surface area contributed by atoms with E-state index in [1.807, 2.05) is 0 Å². The molecule has 6 heteroatoms. The average molecular weight is 359 g/mol. The Labute approximate surface area is 148 Å². The number of carbonyl (C=O) groups is 1. The lowest BCUT2D eigenvalue weighted by molar-refractivity contribution is 0.0725. The van der Waals surface area contributed by atoms with Gasteiger partial charge in [-0.2, -0.15) is 0 Å². The molecule has 1 aliphatic heterocycles. The summed E-state index contributed by atoms with van der Waals surface area (Å²) in [7, 11) is -1.76. The summed E-state index contributed by atoms with van der Waals surface area (Å²) in [6.45, 7) is 0.892. The topological polar surface area (TPSA) is 63.7 Å². The van der Waals surface area contributed by atoms with Crippen LogP contribution in [0.3, 0.4) is 0 Å². The smallest absolute Gasteiger partial charge is 0.253 e. The van der Waals surface area contributed by atoms with Crippen molar-refractivity contribution in [3.05, 3.63) is 60.2 Å². The average Bonchev–Trinajstić information content (AvgIpc) is 2.68. The summed E-state index contributed by atoms with van der Waals surface area (Å²) in [5, 5.41) is -0.435. The molecule has 0 radical (unpaired) electrons. The number of rotatable bonds is 4. The van der Waals surface area contributed by atoms with Crippen LogP contribution in [0.5, 0.6) is 5.75 Å². The van der Waals surface area contributed by atoms with E-state index in [0.29, 0.717) is 42.1 Å². The van der Waals surface area contributed by atoms with E-state index in [1.54, 1.807) is 66.6 Å². The lowest BCUT2D eigenvalue weighted by atomic mass is 10.1. The van der Waals surface area contributed by atoms with Crippen LogP contribution < -0.4 is 4.74 Å². The molecule has 2 aromatic carbocycles. The van der Waals surface area contributed by atoms with Gasteiger partial charge in [-0.15, -0.1) is 0 Å². The molecule has 0 bridgehead atoms. The number of piperidine rings is 1. The van der Waals surface area contributed by atoms with Crippen LogP contribution in [0.2, 0.25) is 0 Å². The largest absolute Gasteiger partial charge is 0.497 e. The molecule has 5 nitrogen and oxygen atoms in total. The molecule has 1 amide bonds. The summed E-state index contributed by atoms with van der Waals surface area (Å²) in [4.78, 5) is 14.6. The number of sulfone groups is 1. The maximum atomic E-state index is 12.7. The van der Waals surface area contributed by atoms with Crippen LogP contribution in [0.1, 0.15) is 23.2 Å². The van der Waals surface area contributed by atoms with E-state index in [1.165, 1.54) is 0 Å². The molecular weight excluding hydrogens is 338 g/mol. The van der Waals surface area contributed by atoms with Crippen molar-refractivity contribution in [1.29, 1.82) is 0 Å². The third kappa shape index (κ3) is 3.69. The molecule has 1 fully saturated rings. The Morgan fingerprint density at radius 2 is 1.60 bits per heavy atom. The van der Waals surface area contributed by atoms with Gasteiger partial charge >= 0.3 is 0 Å². The number of nitrogens with zero attached hydrogens (tertiary/aromatic N) is 1. The van der Waals surface area contributed by atoms with Crippen LogP contribution >= 0.6 is 0 Å². The quantitative estimate of drug-likeness (QED) is 0.842. The zero-order chi connectivity index (χ0) is 17.9. The third-order valence-electron chi connectivity index (χ3n) is 4.58. The van der Waals surface area contributed by atoms with Gasteiger partial charge in [-0.05, 0) is 49.2 Å². The van der Waals surface area contributed by atoms with Gasteiger partial charge in [0.2, 0.25) is 0 Å². The van der Waals surface area contributed by atoms with Gasteiger partial charge in [0.15, 0.2) is 9.84 Å². The molecule has 0 atom stereocenters. The van der Waals surface area contributed by atoms with Gasteiger partial charge < -0.3 is 9.64 Å². The van der Waals surface area contributed by atoms with Crippen molar-refractivity contribution in [3.8, 4) is 5.75 Å². The minimum atomic E-state index is -3.34. The van der Waals surface area contributed by atoms with Crippen LogP contribution in [0.15, 0.2) is 59.5 Å². The van der Waals surface area contributed by atoms with Crippen molar-refractivity contribution >= 4 is 15.7 Å². The first-order valence-corrected chi connectivity index (χ1v) is 9.79. The molecule has 3 rings (SSSR count). The summed E-state index contributed by atoms with van der Waals surface area (Å²) in [5.41, 5.74) is 0.588. The van der Waals surface area contributed by atoms with Gasteiger partial charge in [0.05, 0.1) is 17.3 Å². The molecule has 0 aromatic heterocycles. The third-order valence-corrected chi connectivity index (χ3v) is 6.86. The minimum Gasteiger partial charge on any atom is -0.497 e. The van der Waals surface area contributed by atoms with Gasteiger partial charge in [0, 0.05) is 18.7 Å². The fourth-order valence-electron chi connectivity index (χ4n) is 3.09. The van der Waals surface area contributed by atoms with Crippen LogP contribution in [0.25, 0.3) is 0 Å². The van der Waals surface area contributed by atoms with E-state index in [2.05, 4.69) is 0 Å². The second-order valence-electron chi connectivity index (χ2n) is 6.08. The van der Waals surface area contributed by atoms with Crippen LogP contribution in [0, 0.1) is 0 Å². The zero-order valence-corrected chi connectivity index (χ0v) is 14.9. The molecule has 0 saturated carbocycles. The fraction of sp³-hybridized carbons (Fsp3) is 0.316. The van der Waals surface area contributed by atoms with Crippen LogP contribution in [0.4, 0.5) is 0 Å². The molecule has 0 spiro atoms. The molecule has 25 heavy (non-hydrogen) atoms. The molecule has 132 valence electrons. The molecule has 0 aliphatic carbocycles. The highest BCUT2D eigenvalue weighted by Crippen LogP contribution is 2.25. The van der Waals surface area contributed by atoms with Gasteiger partial charge in [0.25, 0.3) is 5.91 Å². The number of hydrogen-bond acceptors (Lipinski definition) is 4. The van der Waals surface area contributed by atoms with Crippen molar-refractivity contribution in [2.45, 2.75) is 23.0 Å². The molecule has 0 unspecified atom stereocenters. The Morgan fingerprint density at radius 1 is 1.00 bits per heavy atom. The highest BCUT2D eigenvalue weighted by molar-refractivity contribution is 7.92. The van der Waals surface area contributed by atoms with Gasteiger partial charge in [-0.1, -0.05) is 18.2 Å². The maximum absolute atomic E-state index is 12.7. The summed E-state index contributed by atoms with van der Waals surface area (Å²) in [5.74, 6) is 0.627. The van der Waals surface area contributed by atoms with E-state index >= 15 is 0 Å². The molecular formula is C19H21NO4S. The van der Waals surface area contributed by atoms with Crippen LogP contribution in [-0.4, -0.2) is 44.7 Å². The predicted molar refractivity (Wildman–Crippen MR) is 95.5 cm³/mol. The van der Waals surface area contributed by atoms with Gasteiger partial charge in [0.1, 0.15) is 5.75 Å². The first-order valence-electron chi connectivity index (χ1n) is 8.24. The maximum Gasteiger partial charge on any atom is 0.253 e. The Morgan fingerprint density at radius 3 is 2.16 bits per heavy atom. The number of carbonyl (C=O) groups excluding carboxylic acids is 1. The van der Waals surface area contributed by atoms with Gasteiger partial charge in [-0.25, -0.2) is 8.42 Å². The molecule has 0 N–H and O–H groups in total. The molecule has 2 aromatic rings. The highest BCUT2D eigenvalue weighted by atomic mass is 32.2. The number of benzene rings is 2. The second kappa shape index (κ2) is 7.27. The summed E-state index contributed by atoms with van der Waals surface area (Å²) >= 11 is 0. The number of hydrogen-bond donors (Lipinski definition) is 0. The van der Waals surface area contributed by atoms with Crippen molar-refractivity contribution in [2.75, 3.05) is 20.2 Å². The normalized spacial score (nSPS) is 15.8. The highest BCUT2D eigenvalue weighted by Gasteiger charge is 2.32. The van der Waals surface area contributed by atoms with Crippen molar-refractivity contribution in [3.63, 3.8) is 0 Å². The summed E-state index contributed by atoms with van der Waals surface area (Å²) in [6, 6.07) is 15.5. The van der Waals surface area contributed by atoms with E-state index in [4.69, 9.17) is 4.74 Å². The van der Waals surface area contributed by atoms with Gasteiger partial charge in [-0.3, -0.25) is 4.79 Å². The molecule has 1 saturated heterocycles. The van der Waals surface area contributed by atoms with Crippen molar-refractivity contribution < 1.29 is 17.9 Å². The number of amides is 1.